The molecule has 4 fully saturated rings. The highest BCUT2D eigenvalue weighted by molar-refractivity contribution is 7.13. The first-order valence-electron chi connectivity index (χ1n) is 9.04. The molecule has 136 valence electrons. The maximum Gasteiger partial charge on any atom is 0.413 e. The van der Waals surface area contributed by atoms with Crippen LogP contribution in [0.1, 0.15) is 57.1 Å². The molecule has 4 aliphatic rings. The first-order chi connectivity index (χ1) is 11.9. The smallest absolute Gasteiger partial charge is 0.413 e. The summed E-state index contributed by atoms with van der Waals surface area (Å²) in [6.07, 6.45) is 7.22. The van der Waals surface area contributed by atoms with Gasteiger partial charge in [-0.15, -0.1) is 11.3 Å². The summed E-state index contributed by atoms with van der Waals surface area (Å²) in [6.45, 7) is 2.07. The lowest BCUT2D eigenvalue weighted by Gasteiger charge is -2.56. The molecule has 1 atom stereocenters. The predicted molar refractivity (Wildman–Crippen MR) is 93.7 cm³/mol. The molecule has 4 bridgehead atoms. The van der Waals surface area contributed by atoms with Gasteiger partial charge >= 0.3 is 12.1 Å². The van der Waals surface area contributed by atoms with Gasteiger partial charge in [0.1, 0.15) is 0 Å². The Labute approximate surface area is 151 Å². The van der Waals surface area contributed by atoms with Crippen LogP contribution in [0, 0.1) is 23.2 Å². The van der Waals surface area contributed by atoms with E-state index in [2.05, 4.69) is 10.3 Å². The molecule has 1 unspecified atom stereocenters. The number of aromatic nitrogens is 1. The van der Waals surface area contributed by atoms with E-state index in [1.165, 1.54) is 49.9 Å². The first-order valence-corrected chi connectivity index (χ1v) is 9.92. The monoisotopic (exact) mass is 364 g/mol. The van der Waals surface area contributed by atoms with Crippen molar-refractivity contribution in [3.63, 3.8) is 0 Å². The van der Waals surface area contributed by atoms with Gasteiger partial charge in [0, 0.05) is 10.8 Å². The van der Waals surface area contributed by atoms with Gasteiger partial charge in [0.15, 0.2) is 5.13 Å². The van der Waals surface area contributed by atoms with Gasteiger partial charge in [-0.3, -0.25) is 10.1 Å². The van der Waals surface area contributed by atoms with Crippen LogP contribution in [0.15, 0.2) is 5.38 Å². The molecule has 4 saturated carbocycles. The largest absolute Gasteiger partial charge is 0.481 e. The van der Waals surface area contributed by atoms with Crippen LogP contribution in [0.4, 0.5) is 9.93 Å². The maximum atomic E-state index is 12.1. The van der Waals surface area contributed by atoms with Gasteiger partial charge in [-0.05, 0) is 63.2 Å². The fourth-order valence-corrected chi connectivity index (χ4v) is 6.27. The summed E-state index contributed by atoms with van der Waals surface area (Å²) in [4.78, 5) is 27.3. The van der Waals surface area contributed by atoms with Gasteiger partial charge in [-0.1, -0.05) is 0 Å². The van der Waals surface area contributed by atoms with E-state index >= 15 is 0 Å². The number of amides is 1. The van der Waals surface area contributed by atoms with Gasteiger partial charge < -0.3 is 9.84 Å². The van der Waals surface area contributed by atoms with Crippen LogP contribution in [-0.4, -0.2) is 28.8 Å². The average Bonchev–Trinajstić information content (AvgIpc) is 2.99. The Morgan fingerprint density at radius 3 is 2.48 bits per heavy atom. The summed E-state index contributed by atoms with van der Waals surface area (Å²) in [6, 6.07) is 0. The number of nitrogens with one attached hydrogen (secondary N) is 1. The minimum Gasteiger partial charge on any atom is -0.481 e. The molecule has 6 nitrogen and oxygen atoms in total. The van der Waals surface area contributed by atoms with Crippen LogP contribution < -0.4 is 5.32 Å². The van der Waals surface area contributed by atoms with Gasteiger partial charge in [0.2, 0.25) is 0 Å². The zero-order valence-electron chi connectivity index (χ0n) is 14.4. The van der Waals surface area contributed by atoms with Crippen molar-refractivity contribution in [2.75, 3.05) is 11.9 Å². The maximum absolute atomic E-state index is 12.1. The Bertz CT molecular complexity index is 651. The highest BCUT2D eigenvalue weighted by Crippen LogP contribution is 2.60. The molecule has 0 aromatic carbocycles. The number of carbonyl (C=O) groups excluding carboxylic acids is 1. The number of carboxylic acid groups (broad SMARTS) is 1. The normalized spacial score (nSPS) is 33.9. The zero-order chi connectivity index (χ0) is 17.6. The third-order valence-corrected chi connectivity index (χ3v) is 7.00. The molecule has 0 saturated heterocycles. The molecule has 4 aliphatic carbocycles. The fraction of sp³-hybridized carbons (Fsp3) is 0.722. The standard InChI is InChI=1S/C18H24N2O4S/c1-10(15(21)22)14-8-25-16(19-14)20-17(23)24-9-18-5-11-2-12(6-18)4-13(3-11)7-18/h8,10-13H,2-7,9H2,1H3,(H,21,22)(H,19,20,23). The number of aliphatic carboxylic acids is 1. The molecular weight excluding hydrogens is 340 g/mol. The Kier molecular flexibility index (Phi) is 4.22. The molecule has 7 heteroatoms. The zero-order valence-corrected chi connectivity index (χ0v) is 15.2. The lowest BCUT2D eigenvalue weighted by atomic mass is 9.50. The number of hydrogen-bond acceptors (Lipinski definition) is 5. The van der Waals surface area contributed by atoms with E-state index < -0.39 is 18.0 Å². The summed E-state index contributed by atoms with van der Waals surface area (Å²) in [7, 11) is 0. The number of nitrogens with zero attached hydrogens (tertiary/aromatic N) is 1. The van der Waals surface area contributed by atoms with Crippen molar-refractivity contribution in [3.05, 3.63) is 11.1 Å². The van der Waals surface area contributed by atoms with Gasteiger partial charge in [-0.25, -0.2) is 9.78 Å². The second kappa shape index (κ2) is 6.27. The Hall–Kier alpha value is -1.63. The SMILES string of the molecule is CC(C(=O)O)c1csc(NC(=O)OCC23CC4CC(CC(C4)C2)C3)n1. The van der Waals surface area contributed by atoms with Crippen LogP contribution in [0.3, 0.4) is 0 Å². The molecule has 0 spiro atoms. The fourth-order valence-electron chi connectivity index (χ4n) is 5.48. The van der Waals surface area contributed by atoms with Gasteiger partial charge in [0.05, 0.1) is 18.2 Å². The van der Waals surface area contributed by atoms with E-state index in [1.807, 2.05) is 0 Å². The molecule has 0 aliphatic heterocycles. The van der Waals surface area contributed by atoms with Crippen LogP contribution in [0.25, 0.3) is 0 Å². The Morgan fingerprint density at radius 1 is 1.32 bits per heavy atom. The lowest BCUT2D eigenvalue weighted by molar-refractivity contribution is -0.138. The quantitative estimate of drug-likeness (QED) is 0.821. The van der Waals surface area contributed by atoms with Crippen LogP contribution in [0.5, 0.6) is 0 Å². The molecule has 0 radical (unpaired) electrons. The summed E-state index contributed by atoms with van der Waals surface area (Å²) in [5.74, 6) is 0.877. The molecule has 1 amide bonds. The molecule has 2 N–H and O–H groups in total. The third kappa shape index (κ3) is 3.38. The van der Waals surface area contributed by atoms with Crippen molar-refractivity contribution in [1.29, 1.82) is 0 Å². The van der Waals surface area contributed by atoms with Crippen molar-refractivity contribution in [2.45, 2.75) is 51.4 Å². The minimum atomic E-state index is -0.929. The van der Waals surface area contributed by atoms with E-state index in [9.17, 15) is 9.59 Å². The third-order valence-electron chi connectivity index (χ3n) is 6.22. The van der Waals surface area contributed by atoms with Crippen LogP contribution in [0.2, 0.25) is 0 Å². The van der Waals surface area contributed by atoms with Crippen molar-refractivity contribution >= 4 is 28.5 Å². The highest BCUT2D eigenvalue weighted by atomic mass is 32.1. The van der Waals surface area contributed by atoms with E-state index in [4.69, 9.17) is 9.84 Å². The molecule has 25 heavy (non-hydrogen) atoms. The van der Waals surface area contributed by atoms with Crippen LogP contribution in [-0.2, 0) is 9.53 Å². The predicted octanol–water partition coefficient (Wildman–Crippen LogP) is 4.10. The number of thiazole rings is 1. The molecule has 1 aromatic rings. The average molecular weight is 364 g/mol. The highest BCUT2D eigenvalue weighted by Gasteiger charge is 2.51. The Balaban J connectivity index is 1.32. The number of anilines is 1. The lowest BCUT2D eigenvalue weighted by Crippen LogP contribution is -2.48. The van der Waals surface area contributed by atoms with Crippen LogP contribution >= 0.6 is 11.3 Å². The molecule has 1 heterocycles. The van der Waals surface area contributed by atoms with Gasteiger partial charge in [0.25, 0.3) is 0 Å². The second-order valence-electron chi connectivity index (χ2n) is 8.26. The summed E-state index contributed by atoms with van der Waals surface area (Å²) < 4.78 is 5.55. The van der Waals surface area contributed by atoms with E-state index in [1.54, 1.807) is 12.3 Å². The van der Waals surface area contributed by atoms with Crippen molar-refractivity contribution in [2.24, 2.45) is 23.2 Å². The number of carbonyl (C=O) groups is 2. The van der Waals surface area contributed by atoms with Crippen molar-refractivity contribution in [1.82, 2.24) is 4.98 Å². The summed E-state index contributed by atoms with van der Waals surface area (Å²) >= 11 is 1.22. The number of rotatable bonds is 5. The van der Waals surface area contributed by atoms with E-state index in [-0.39, 0.29) is 5.41 Å². The van der Waals surface area contributed by atoms with Crippen molar-refractivity contribution < 1.29 is 19.4 Å². The topological polar surface area (TPSA) is 88.5 Å². The minimum absolute atomic E-state index is 0.192. The van der Waals surface area contributed by atoms with E-state index in [0.717, 1.165) is 17.8 Å². The van der Waals surface area contributed by atoms with E-state index in [0.29, 0.717) is 17.4 Å². The number of ether oxygens (including phenoxy) is 1. The molecule has 1 aromatic heterocycles. The first kappa shape index (κ1) is 16.8. The summed E-state index contributed by atoms with van der Waals surface area (Å²) in [5.41, 5.74) is 0.645. The molecule has 5 rings (SSSR count). The second-order valence-corrected chi connectivity index (χ2v) is 9.11. The Morgan fingerprint density at radius 2 is 1.92 bits per heavy atom. The number of carboxylic acids is 1. The molecular formula is C18H24N2O4S. The van der Waals surface area contributed by atoms with Gasteiger partial charge in [-0.2, -0.15) is 0 Å². The van der Waals surface area contributed by atoms with Crippen molar-refractivity contribution in [3.8, 4) is 0 Å². The summed E-state index contributed by atoms with van der Waals surface area (Å²) in [5, 5.41) is 13.7. The number of hydrogen-bond donors (Lipinski definition) is 2.